The van der Waals surface area contributed by atoms with Crippen LogP contribution in [0.5, 0.6) is 0 Å². The van der Waals surface area contributed by atoms with Gasteiger partial charge in [0.15, 0.2) is 0 Å². The topological polar surface area (TPSA) is 56.1 Å². The predicted octanol–water partition coefficient (Wildman–Crippen LogP) is 0.0712. The summed E-state index contributed by atoms with van der Waals surface area (Å²) in [6.45, 7) is 2.38. The van der Waals surface area contributed by atoms with E-state index in [-0.39, 0.29) is 12.0 Å². The van der Waals surface area contributed by atoms with Gasteiger partial charge in [-0.15, -0.1) is 0 Å². The summed E-state index contributed by atoms with van der Waals surface area (Å²) >= 11 is 0. The van der Waals surface area contributed by atoms with E-state index in [9.17, 15) is 4.79 Å². The number of hydrogen-bond acceptors (Lipinski definition) is 4. The molecule has 5 nitrogen and oxygen atoms in total. The van der Waals surface area contributed by atoms with Crippen LogP contribution in [0.2, 0.25) is 0 Å². The van der Waals surface area contributed by atoms with Gasteiger partial charge < -0.3 is 10.1 Å². The van der Waals surface area contributed by atoms with Crippen LogP contribution in [-0.2, 0) is 23.1 Å². The lowest BCUT2D eigenvalue weighted by Crippen LogP contribution is -2.34. The van der Waals surface area contributed by atoms with Crippen molar-refractivity contribution in [1.82, 2.24) is 15.1 Å². The monoisotopic (exact) mass is 197 g/mol. The summed E-state index contributed by atoms with van der Waals surface area (Å²) in [5.74, 6) is -0.256. The average Bonchev–Trinajstić information content (AvgIpc) is 2.59. The fraction of sp³-hybridized carbons (Fsp3) is 0.556. The van der Waals surface area contributed by atoms with Crippen molar-refractivity contribution in [2.24, 2.45) is 7.05 Å². The Hall–Kier alpha value is -1.36. The van der Waals surface area contributed by atoms with Gasteiger partial charge in [0.05, 0.1) is 13.3 Å². The Balaban J connectivity index is 2.37. The lowest BCUT2D eigenvalue weighted by Gasteiger charge is -2.09. The third kappa shape index (κ3) is 2.85. The zero-order valence-electron chi connectivity index (χ0n) is 8.65. The first-order valence-corrected chi connectivity index (χ1v) is 4.42. The summed E-state index contributed by atoms with van der Waals surface area (Å²) < 4.78 is 6.31. The molecule has 0 radical (unpaired) electrons. The third-order valence-corrected chi connectivity index (χ3v) is 1.93. The Morgan fingerprint density at radius 1 is 1.79 bits per heavy atom. The highest BCUT2D eigenvalue weighted by Crippen LogP contribution is 1.96. The van der Waals surface area contributed by atoms with Crippen molar-refractivity contribution < 1.29 is 9.53 Å². The first kappa shape index (κ1) is 10.7. The van der Waals surface area contributed by atoms with E-state index in [1.165, 1.54) is 7.11 Å². The molecule has 0 spiro atoms. The number of carbonyl (C=O) groups excluding carboxylic acids is 1. The van der Waals surface area contributed by atoms with Crippen molar-refractivity contribution >= 4 is 5.97 Å². The van der Waals surface area contributed by atoms with Crippen molar-refractivity contribution in [3.8, 4) is 0 Å². The molecule has 0 bridgehead atoms. The van der Waals surface area contributed by atoms with Crippen molar-refractivity contribution in [3.63, 3.8) is 0 Å². The molecule has 78 valence electrons. The molecular formula is C9H15N3O2. The number of nitrogens with one attached hydrogen (secondary N) is 1. The molecule has 0 aliphatic carbocycles. The number of nitrogens with zero attached hydrogens (tertiary/aromatic N) is 2. The second kappa shape index (κ2) is 4.76. The number of methoxy groups -OCH3 is 1. The molecule has 0 aliphatic rings. The number of aromatic nitrogens is 2. The number of rotatable bonds is 4. The van der Waals surface area contributed by atoms with Crippen LogP contribution in [0.4, 0.5) is 0 Å². The molecule has 1 aromatic rings. The molecule has 0 unspecified atom stereocenters. The molecule has 0 amide bonds. The van der Waals surface area contributed by atoms with Gasteiger partial charge in [-0.2, -0.15) is 5.10 Å². The van der Waals surface area contributed by atoms with E-state index >= 15 is 0 Å². The average molecular weight is 197 g/mol. The van der Waals surface area contributed by atoms with Crippen molar-refractivity contribution in [2.45, 2.75) is 19.5 Å². The summed E-state index contributed by atoms with van der Waals surface area (Å²) in [6, 6.07) is -0.291. The summed E-state index contributed by atoms with van der Waals surface area (Å²) in [5, 5.41) is 7.06. The predicted molar refractivity (Wildman–Crippen MR) is 51.5 cm³/mol. The highest BCUT2D eigenvalue weighted by atomic mass is 16.5. The van der Waals surface area contributed by atoms with E-state index in [0.29, 0.717) is 6.54 Å². The van der Waals surface area contributed by atoms with Crippen LogP contribution in [0.3, 0.4) is 0 Å². The highest BCUT2D eigenvalue weighted by molar-refractivity contribution is 5.75. The van der Waals surface area contributed by atoms with E-state index in [1.54, 1.807) is 17.8 Å². The molecule has 1 rings (SSSR count). The Morgan fingerprint density at radius 3 is 3.00 bits per heavy atom. The second-order valence-corrected chi connectivity index (χ2v) is 3.15. The fourth-order valence-electron chi connectivity index (χ4n) is 1.09. The van der Waals surface area contributed by atoms with Gasteiger partial charge in [-0.25, -0.2) is 0 Å². The summed E-state index contributed by atoms with van der Waals surface area (Å²) in [5.41, 5.74) is 1.04. The third-order valence-electron chi connectivity index (χ3n) is 1.93. The zero-order chi connectivity index (χ0) is 10.6. The van der Waals surface area contributed by atoms with Crippen LogP contribution in [0.15, 0.2) is 12.4 Å². The number of aryl methyl sites for hydroxylation is 1. The van der Waals surface area contributed by atoms with E-state index < -0.39 is 0 Å². The molecule has 5 heteroatoms. The molecule has 0 fully saturated rings. The fourth-order valence-corrected chi connectivity index (χ4v) is 1.09. The molecule has 1 heterocycles. The van der Waals surface area contributed by atoms with Gasteiger partial charge in [0, 0.05) is 25.4 Å². The zero-order valence-corrected chi connectivity index (χ0v) is 8.65. The van der Waals surface area contributed by atoms with E-state index in [2.05, 4.69) is 15.2 Å². The summed E-state index contributed by atoms with van der Waals surface area (Å²) in [7, 11) is 3.23. The molecule has 0 aromatic carbocycles. The van der Waals surface area contributed by atoms with Crippen molar-refractivity contribution in [3.05, 3.63) is 18.0 Å². The van der Waals surface area contributed by atoms with Crippen LogP contribution >= 0.6 is 0 Å². The molecule has 1 N–H and O–H groups in total. The molecule has 0 saturated heterocycles. The van der Waals surface area contributed by atoms with E-state index in [0.717, 1.165) is 5.56 Å². The van der Waals surface area contributed by atoms with E-state index in [1.807, 2.05) is 13.2 Å². The quantitative estimate of drug-likeness (QED) is 0.694. The molecule has 1 aromatic heterocycles. The largest absolute Gasteiger partial charge is 0.468 e. The standard InChI is InChI=1S/C9H15N3O2/c1-7(9(13)14-3)10-4-8-5-11-12(2)6-8/h5-7,10H,4H2,1-3H3/t7-/m0/s1. The normalized spacial score (nSPS) is 12.5. The summed E-state index contributed by atoms with van der Waals surface area (Å²) in [4.78, 5) is 11.0. The maximum Gasteiger partial charge on any atom is 0.322 e. The lowest BCUT2D eigenvalue weighted by atomic mass is 10.3. The lowest BCUT2D eigenvalue weighted by molar-refractivity contribution is -0.142. The minimum absolute atomic E-state index is 0.256. The van der Waals surface area contributed by atoms with Gasteiger partial charge >= 0.3 is 5.97 Å². The molecule has 0 saturated carbocycles. The van der Waals surface area contributed by atoms with Crippen LogP contribution in [0.25, 0.3) is 0 Å². The van der Waals surface area contributed by atoms with Gasteiger partial charge in [-0.05, 0) is 6.92 Å². The number of esters is 1. The maximum absolute atomic E-state index is 11.0. The van der Waals surface area contributed by atoms with Crippen molar-refractivity contribution in [1.29, 1.82) is 0 Å². The Bertz CT molecular complexity index is 309. The maximum atomic E-state index is 11.0. The second-order valence-electron chi connectivity index (χ2n) is 3.15. The summed E-state index contributed by atoms with van der Waals surface area (Å²) in [6.07, 6.45) is 3.66. The van der Waals surface area contributed by atoms with Gasteiger partial charge in [0.25, 0.3) is 0 Å². The minimum atomic E-state index is -0.291. The highest BCUT2D eigenvalue weighted by Gasteiger charge is 2.11. The van der Waals surface area contributed by atoms with Gasteiger partial charge in [0.2, 0.25) is 0 Å². The molecule has 14 heavy (non-hydrogen) atoms. The smallest absolute Gasteiger partial charge is 0.322 e. The Labute approximate surface area is 83.1 Å². The number of hydrogen-bond donors (Lipinski definition) is 1. The van der Waals surface area contributed by atoms with Crippen LogP contribution < -0.4 is 5.32 Å². The van der Waals surface area contributed by atoms with Crippen molar-refractivity contribution in [2.75, 3.05) is 7.11 Å². The first-order chi connectivity index (χ1) is 6.63. The minimum Gasteiger partial charge on any atom is -0.468 e. The van der Waals surface area contributed by atoms with Gasteiger partial charge in [-0.3, -0.25) is 9.48 Å². The molecule has 0 aliphatic heterocycles. The Kier molecular flexibility index (Phi) is 3.64. The van der Waals surface area contributed by atoms with Crippen LogP contribution in [-0.4, -0.2) is 28.9 Å². The number of carbonyl (C=O) groups is 1. The Morgan fingerprint density at radius 2 is 2.50 bits per heavy atom. The van der Waals surface area contributed by atoms with Crippen LogP contribution in [0, 0.1) is 0 Å². The van der Waals surface area contributed by atoms with Crippen LogP contribution in [0.1, 0.15) is 12.5 Å². The van der Waals surface area contributed by atoms with Gasteiger partial charge in [0.1, 0.15) is 6.04 Å². The van der Waals surface area contributed by atoms with E-state index in [4.69, 9.17) is 0 Å². The van der Waals surface area contributed by atoms with Gasteiger partial charge in [-0.1, -0.05) is 0 Å². The molecule has 1 atom stereocenters. The number of ether oxygens (including phenoxy) is 1. The first-order valence-electron chi connectivity index (χ1n) is 4.42. The molecular weight excluding hydrogens is 182 g/mol. The SMILES string of the molecule is COC(=O)[C@H](C)NCc1cnn(C)c1.